The summed E-state index contributed by atoms with van der Waals surface area (Å²) >= 11 is 1.40. The maximum atomic E-state index is 13.7. The molecule has 0 saturated heterocycles. The molecule has 0 aliphatic rings. The molecule has 0 aliphatic carbocycles. The van der Waals surface area contributed by atoms with Crippen LogP contribution in [-0.4, -0.2) is 21.0 Å². The van der Waals surface area contributed by atoms with Crippen LogP contribution < -0.4 is 5.73 Å². The Hall–Kier alpha value is -2.02. The minimum atomic E-state index is -0.391. The Morgan fingerprint density at radius 3 is 3.00 bits per heavy atom. The fourth-order valence-electron chi connectivity index (χ4n) is 1.36. The fraction of sp³-hybridized carbons (Fsp3) is 0.0909. The number of thioether (sulfide) groups is 1. The molecule has 4 N–H and O–H groups in total. The average Bonchev–Trinajstić information content (AvgIpc) is 2.89. The van der Waals surface area contributed by atoms with Gasteiger partial charge < -0.3 is 15.9 Å². The van der Waals surface area contributed by atoms with Gasteiger partial charge in [-0.3, -0.25) is 0 Å². The molecular weight excluding hydrogens is 255 g/mol. The highest BCUT2D eigenvalue weighted by atomic mass is 32.2. The average molecular weight is 266 g/mol. The van der Waals surface area contributed by atoms with E-state index in [1.807, 2.05) is 0 Å². The van der Waals surface area contributed by atoms with Gasteiger partial charge in [-0.05, 0) is 11.6 Å². The molecule has 2 aromatic rings. The number of nitrogens with one attached hydrogen (secondary N) is 1. The van der Waals surface area contributed by atoms with Crippen LogP contribution in [0.2, 0.25) is 0 Å². The van der Waals surface area contributed by atoms with Crippen LogP contribution >= 0.6 is 11.8 Å². The van der Waals surface area contributed by atoms with E-state index in [1.54, 1.807) is 24.5 Å². The predicted octanol–water partition coefficient (Wildman–Crippen LogP) is 1.94. The minimum absolute atomic E-state index is 0.112. The van der Waals surface area contributed by atoms with Crippen LogP contribution in [0.15, 0.2) is 40.9 Å². The van der Waals surface area contributed by atoms with E-state index in [-0.39, 0.29) is 5.84 Å². The summed E-state index contributed by atoms with van der Waals surface area (Å²) in [6.45, 7) is 0. The molecule has 2 rings (SSSR count). The molecule has 1 aromatic carbocycles. The first-order valence-electron chi connectivity index (χ1n) is 5.09. The monoisotopic (exact) mass is 266 g/mol. The van der Waals surface area contributed by atoms with Gasteiger partial charge in [0.2, 0.25) is 0 Å². The van der Waals surface area contributed by atoms with Gasteiger partial charge in [0.25, 0.3) is 0 Å². The maximum Gasteiger partial charge on any atom is 0.170 e. The van der Waals surface area contributed by atoms with E-state index in [1.165, 1.54) is 17.8 Å². The molecular formula is C11H11FN4OS. The molecule has 0 saturated carbocycles. The third-order valence-corrected chi connectivity index (χ3v) is 3.25. The van der Waals surface area contributed by atoms with E-state index in [4.69, 9.17) is 10.9 Å². The number of rotatable bonds is 4. The number of imidazole rings is 1. The first-order chi connectivity index (χ1) is 8.70. The van der Waals surface area contributed by atoms with Gasteiger partial charge >= 0.3 is 0 Å². The Morgan fingerprint density at radius 2 is 2.39 bits per heavy atom. The van der Waals surface area contributed by atoms with Crippen LogP contribution in [0.3, 0.4) is 0 Å². The van der Waals surface area contributed by atoms with E-state index >= 15 is 0 Å². The second kappa shape index (κ2) is 5.54. The van der Waals surface area contributed by atoms with Crippen molar-refractivity contribution in [3.8, 4) is 0 Å². The molecule has 0 atom stereocenters. The highest BCUT2D eigenvalue weighted by Gasteiger charge is 2.07. The number of halogens is 1. The minimum Gasteiger partial charge on any atom is -0.409 e. The van der Waals surface area contributed by atoms with Crippen LogP contribution in [-0.2, 0) is 5.75 Å². The number of H-pyrrole nitrogens is 1. The van der Waals surface area contributed by atoms with Crippen molar-refractivity contribution >= 4 is 17.6 Å². The molecule has 0 bridgehead atoms. The van der Waals surface area contributed by atoms with Crippen molar-refractivity contribution < 1.29 is 9.60 Å². The predicted molar refractivity (Wildman–Crippen MR) is 67.1 cm³/mol. The molecule has 0 amide bonds. The molecule has 0 fully saturated rings. The molecule has 0 unspecified atom stereocenters. The van der Waals surface area contributed by atoms with Crippen molar-refractivity contribution in [2.75, 3.05) is 0 Å². The zero-order valence-electron chi connectivity index (χ0n) is 9.30. The van der Waals surface area contributed by atoms with Crippen molar-refractivity contribution in [1.29, 1.82) is 0 Å². The van der Waals surface area contributed by atoms with Crippen LogP contribution in [0, 0.1) is 5.82 Å². The third-order valence-electron chi connectivity index (χ3n) is 2.29. The van der Waals surface area contributed by atoms with Crippen LogP contribution in [0.5, 0.6) is 0 Å². The van der Waals surface area contributed by atoms with Gasteiger partial charge in [-0.25, -0.2) is 9.37 Å². The van der Waals surface area contributed by atoms with E-state index < -0.39 is 5.82 Å². The van der Waals surface area contributed by atoms with Gasteiger partial charge in [-0.1, -0.05) is 29.1 Å². The van der Waals surface area contributed by atoms with E-state index in [9.17, 15) is 4.39 Å². The topological polar surface area (TPSA) is 87.3 Å². The number of oxime groups is 1. The van der Waals surface area contributed by atoms with Gasteiger partial charge in [0.15, 0.2) is 11.0 Å². The lowest BCUT2D eigenvalue weighted by atomic mass is 10.1. The van der Waals surface area contributed by atoms with Gasteiger partial charge in [0.1, 0.15) is 5.82 Å². The van der Waals surface area contributed by atoms with Gasteiger partial charge in [0.05, 0.1) is 0 Å². The van der Waals surface area contributed by atoms with Gasteiger partial charge in [-0.15, -0.1) is 0 Å². The molecule has 0 spiro atoms. The number of amidine groups is 1. The summed E-state index contributed by atoms with van der Waals surface area (Å²) in [6.07, 6.45) is 3.35. The largest absolute Gasteiger partial charge is 0.409 e. The summed E-state index contributed by atoms with van der Waals surface area (Å²) in [7, 11) is 0. The molecule has 0 aliphatic heterocycles. The van der Waals surface area contributed by atoms with E-state index in [0.29, 0.717) is 16.9 Å². The number of nitrogens with two attached hydrogens (primary N) is 1. The lowest BCUT2D eigenvalue weighted by Crippen LogP contribution is -2.13. The van der Waals surface area contributed by atoms with Gasteiger partial charge in [-0.2, -0.15) is 0 Å². The molecule has 0 radical (unpaired) electrons. The quantitative estimate of drug-likeness (QED) is 0.259. The first kappa shape index (κ1) is 12.4. The summed E-state index contributed by atoms with van der Waals surface area (Å²) in [6, 6.07) is 4.46. The standard InChI is InChI=1S/C11H11FN4OS/c12-9-5-7(10(13)16-17)1-2-8(9)6-18-11-14-3-4-15-11/h1-5,17H,6H2,(H2,13,16)(H,14,15). The molecule has 1 heterocycles. The van der Waals surface area contributed by atoms with Gasteiger partial charge in [0, 0.05) is 23.7 Å². The SMILES string of the molecule is N/C(=N/O)c1ccc(CSc2ncc[nH]2)c(F)c1. The Bertz CT molecular complexity index is 556. The molecule has 5 nitrogen and oxygen atoms in total. The lowest BCUT2D eigenvalue weighted by molar-refractivity contribution is 0.318. The zero-order chi connectivity index (χ0) is 13.0. The van der Waals surface area contributed by atoms with Crippen molar-refractivity contribution in [2.45, 2.75) is 10.9 Å². The summed E-state index contributed by atoms with van der Waals surface area (Å²) in [4.78, 5) is 6.96. The highest BCUT2D eigenvalue weighted by Crippen LogP contribution is 2.21. The third kappa shape index (κ3) is 2.80. The summed E-state index contributed by atoms with van der Waals surface area (Å²) < 4.78 is 13.7. The molecule has 94 valence electrons. The lowest BCUT2D eigenvalue weighted by Gasteiger charge is -2.04. The Morgan fingerprint density at radius 1 is 1.56 bits per heavy atom. The number of aromatic nitrogens is 2. The van der Waals surface area contributed by atoms with Crippen LogP contribution in [0.1, 0.15) is 11.1 Å². The summed E-state index contributed by atoms with van der Waals surface area (Å²) in [5.41, 5.74) is 6.26. The smallest absolute Gasteiger partial charge is 0.170 e. The highest BCUT2D eigenvalue weighted by molar-refractivity contribution is 7.98. The zero-order valence-corrected chi connectivity index (χ0v) is 10.1. The number of benzene rings is 1. The van der Waals surface area contributed by atoms with Crippen molar-refractivity contribution in [1.82, 2.24) is 9.97 Å². The summed E-state index contributed by atoms with van der Waals surface area (Å²) in [5.74, 6) is -0.0483. The molecule has 7 heteroatoms. The Labute approximate surface area is 107 Å². The molecule has 1 aromatic heterocycles. The maximum absolute atomic E-state index is 13.7. The Balaban J connectivity index is 2.10. The number of nitrogens with zero attached hydrogens (tertiary/aromatic N) is 2. The van der Waals surface area contributed by atoms with Crippen LogP contribution in [0.25, 0.3) is 0 Å². The number of hydrogen-bond donors (Lipinski definition) is 3. The first-order valence-corrected chi connectivity index (χ1v) is 6.08. The summed E-state index contributed by atoms with van der Waals surface area (Å²) in [5, 5.41) is 12.1. The number of hydrogen-bond acceptors (Lipinski definition) is 4. The normalized spacial score (nSPS) is 11.7. The van der Waals surface area contributed by atoms with E-state index in [0.717, 1.165) is 5.16 Å². The molecule has 18 heavy (non-hydrogen) atoms. The number of aromatic amines is 1. The van der Waals surface area contributed by atoms with Crippen molar-refractivity contribution in [3.63, 3.8) is 0 Å². The second-order valence-electron chi connectivity index (χ2n) is 3.47. The fourth-order valence-corrected chi connectivity index (χ4v) is 2.17. The second-order valence-corrected chi connectivity index (χ2v) is 4.44. The van der Waals surface area contributed by atoms with E-state index in [2.05, 4.69) is 15.1 Å². The Kier molecular flexibility index (Phi) is 3.83. The van der Waals surface area contributed by atoms with Crippen LogP contribution in [0.4, 0.5) is 4.39 Å². The van der Waals surface area contributed by atoms with Crippen molar-refractivity contribution in [2.24, 2.45) is 10.9 Å². The van der Waals surface area contributed by atoms with Crippen molar-refractivity contribution in [3.05, 3.63) is 47.5 Å².